The van der Waals surface area contributed by atoms with E-state index in [2.05, 4.69) is 25.4 Å². The van der Waals surface area contributed by atoms with E-state index < -0.39 is 16.1 Å². The summed E-state index contributed by atoms with van der Waals surface area (Å²) in [6.45, 7) is 8.48. The Morgan fingerprint density at radius 1 is 0.787 bits per heavy atom. The van der Waals surface area contributed by atoms with E-state index in [0.717, 1.165) is 83.7 Å². The van der Waals surface area contributed by atoms with Crippen LogP contribution in [-0.4, -0.2) is 60.2 Å². The predicted molar refractivity (Wildman–Crippen MR) is 241 cm³/mol. The number of aryl methyl sites for hydroxylation is 4. The summed E-state index contributed by atoms with van der Waals surface area (Å²) in [5.41, 5.74) is 6.47. The minimum absolute atomic E-state index is 0.0631. The van der Waals surface area contributed by atoms with Crippen molar-refractivity contribution in [2.75, 3.05) is 20.2 Å². The monoisotopic (exact) mass is 869 g/mol. The number of halogens is 1. The fourth-order valence-corrected chi connectivity index (χ4v) is 9.54. The average Bonchev–Trinajstić information content (AvgIpc) is 3.76. The Balaban J connectivity index is 0.826. The molecule has 6 rings (SSSR count). The molecule has 1 aliphatic heterocycles. The molecule has 1 amide bonds. The number of hydrogen-bond donors (Lipinski definition) is 2. The fourth-order valence-electron chi connectivity index (χ4n) is 8.07. The zero-order valence-corrected chi connectivity index (χ0v) is 37.8. The minimum atomic E-state index is -3.62. The van der Waals surface area contributed by atoms with Crippen LogP contribution >= 0.6 is 11.6 Å². The molecule has 0 fully saturated rings. The molecule has 3 aromatic carbocycles. The van der Waals surface area contributed by atoms with Gasteiger partial charge in [-0.25, -0.2) is 13.1 Å². The van der Waals surface area contributed by atoms with Gasteiger partial charge in [0.2, 0.25) is 15.9 Å². The first-order chi connectivity index (χ1) is 29.5. The highest BCUT2D eigenvalue weighted by atomic mass is 35.5. The van der Waals surface area contributed by atoms with Gasteiger partial charge in [-0.1, -0.05) is 112 Å². The molecule has 0 saturated heterocycles. The van der Waals surface area contributed by atoms with Crippen LogP contribution in [0.15, 0.2) is 75.1 Å². The lowest BCUT2D eigenvalue weighted by Gasteiger charge is -2.14. The Kier molecular flexibility index (Phi) is 16.3. The van der Waals surface area contributed by atoms with Crippen molar-refractivity contribution in [3.8, 4) is 22.6 Å². The lowest BCUT2D eigenvalue weighted by molar-refractivity contribution is -0.121. The summed E-state index contributed by atoms with van der Waals surface area (Å²) in [7, 11) is -1.98. The first-order valence-electron chi connectivity index (χ1n) is 21.7. The molecule has 5 aromatic rings. The molecule has 3 heterocycles. The van der Waals surface area contributed by atoms with Crippen LogP contribution in [0.2, 0.25) is 5.02 Å². The minimum Gasteiger partial charge on any atom is -0.497 e. The summed E-state index contributed by atoms with van der Waals surface area (Å²) in [6, 6.07) is 18.4. The molecular weight excluding hydrogens is 810 g/mol. The number of nitrogens with one attached hydrogen (secondary N) is 2. The van der Waals surface area contributed by atoms with Crippen molar-refractivity contribution in [3.05, 3.63) is 105 Å². The number of hydrogen-bond acceptors (Lipinski definition) is 9. The van der Waals surface area contributed by atoms with E-state index in [4.69, 9.17) is 25.9 Å². The maximum absolute atomic E-state index is 13.3. The van der Waals surface area contributed by atoms with Crippen molar-refractivity contribution in [2.24, 2.45) is 4.99 Å². The summed E-state index contributed by atoms with van der Waals surface area (Å²) < 4.78 is 41.9. The van der Waals surface area contributed by atoms with Crippen LogP contribution in [0.4, 0.5) is 0 Å². The van der Waals surface area contributed by atoms with Gasteiger partial charge in [0, 0.05) is 34.8 Å². The highest BCUT2D eigenvalue weighted by Gasteiger charge is 2.30. The molecule has 0 radical (unpaired) electrons. The summed E-state index contributed by atoms with van der Waals surface area (Å²) in [5.74, 6) is 2.66. The van der Waals surface area contributed by atoms with E-state index in [1.54, 1.807) is 13.2 Å². The molecule has 14 heteroatoms. The summed E-state index contributed by atoms with van der Waals surface area (Å²) in [4.78, 5) is 18.7. The number of fused-ring (bicyclic) bond motifs is 3. The van der Waals surface area contributed by atoms with Crippen molar-refractivity contribution in [2.45, 2.75) is 129 Å². The standard InChI is InChI=1S/C47H60ClN7O5S/c1-32-19-20-37(45-33(2)54-60-34(45)3)29-43(32)61(57,58)50-28-18-16-14-12-10-8-6-7-9-11-13-15-17-27-49-44(56)31-41-47-53-52-35(4)55(47)42-26-25-39(59-5)30-40(42)46(51-41)36-21-23-38(48)24-22-36/h19-26,29-30,41,50H,6-18,27-28,31H2,1-5H3,(H,49,56)/t41-/m0/s1. The molecule has 2 N–H and O–H groups in total. The second kappa shape index (κ2) is 21.8. The molecule has 0 bridgehead atoms. The van der Waals surface area contributed by atoms with E-state index in [1.165, 1.54) is 44.9 Å². The van der Waals surface area contributed by atoms with Gasteiger partial charge < -0.3 is 14.6 Å². The van der Waals surface area contributed by atoms with E-state index in [9.17, 15) is 13.2 Å². The second-order valence-corrected chi connectivity index (χ2v) is 18.2. The van der Waals surface area contributed by atoms with Crippen LogP contribution in [0, 0.1) is 27.7 Å². The van der Waals surface area contributed by atoms with Gasteiger partial charge in [0.15, 0.2) is 5.82 Å². The predicted octanol–water partition coefficient (Wildman–Crippen LogP) is 10.3. The quantitative estimate of drug-likeness (QED) is 0.0615. The number of aromatic nitrogens is 4. The number of rotatable bonds is 23. The van der Waals surface area contributed by atoms with Crippen molar-refractivity contribution < 1.29 is 22.5 Å². The lowest BCUT2D eigenvalue weighted by atomic mass is 10.00. The fraction of sp³-hybridized carbons (Fsp3) is 0.468. The van der Waals surface area contributed by atoms with E-state index in [0.29, 0.717) is 45.9 Å². The van der Waals surface area contributed by atoms with Gasteiger partial charge in [-0.2, -0.15) is 0 Å². The summed E-state index contributed by atoms with van der Waals surface area (Å²) in [5, 5.41) is 16.6. The number of aliphatic imine (C=N–C) groups is 1. The van der Waals surface area contributed by atoms with Crippen LogP contribution < -0.4 is 14.8 Å². The third kappa shape index (κ3) is 12.0. The molecule has 12 nitrogen and oxygen atoms in total. The number of nitrogens with zero attached hydrogens (tertiary/aromatic N) is 5. The number of methoxy groups -OCH3 is 1. The Morgan fingerprint density at radius 2 is 1.41 bits per heavy atom. The van der Waals surface area contributed by atoms with Crippen molar-refractivity contribution in [1.29, 1.82) is 0 Å². The first-order valence-corrected chi connectivity index (χ1v) is 23.6. The second-order valence-electron chi connectivity index (χ2n) is 16.1. The van der Waals surface area contributed by atoms with E-state index in [-0.39, 0.29) is 12.3 Å². The van der Waals surface area contributed by atoms with Crippen molar-refractivity contribution in [1.82, 2.24) is 30.0 Å². The topological polar surface area (TPSA) is 154 Å². The summed E-state index contributed by atoms with van der Waals surface area (Å²) in [6.07, 6.45) is 14.8. The third-order valence-electron chi connectivity index (χ3n) is 11.4. The number of amides is 1. The normalized spacial score (nSPS) is 13.7. The Labute approximate surface area is 366 Å². The van der Waals surface area contributed by atoms with Crippen LogP contribution in [0.25, 0.3) is 16.8 Å². The number of sulfonamides is 1. The molecule has 0 aliphatic carbocycles. The summed E-state index contributed by atoms with van der Waals surface area (Å²) >= 11 is 6.23. The lowest BCUT2D eigenvalue weighted by Crippen LogP contribution is -2.26. The Hall–Kier alpha value is -4.85. The number of carbonyl (C=O) groups is 1. The number of carbonyl (C=O) groups excluding carboxylic acids is 1. The maximum atomic E-state index is 13.3. The highest BCUT2D eigenvalue weighted by molar-refractivity contribution is 7.89. The van der Waals surface area contributed by atoms with Crippen molar-refractivity contribution >= 4 is 33.2 Å². The largest absolute Gasteiger partial charge is 0.497 e. The molecule has 1 atom stereocenters. The van der Waals surface area contributed by atoms with Crippen molar-refractivity contribution in [3.63, 3.8) is 0 Å². The van der Waals surface area contributed by atoms with Crippen LogP contribution in [-0.2, 0) is 14.8 Å². The Bertz CT molecular complexity index is 2370. The first kappa shape index (κ1) is 45.7. The number of unbranched alkanes of at least 4 members (excludes halogenated alkanes) is 12. The molecule has 1 aliphatic rings. The highest BCUT2D eigenvalue weighted by Crippen LogP contribution is 2.35. The maximum Gasteiger partial charge on any atom is 0.240 e. The number of benzene rings is 3. The molecule has 2 aromatic heterocycles. The van der Waals surface area contributed by atoms with Crippen LogP contribution in [0.1, 0.15) is 136 Å². The van der Waals surface area contributed by atoms with Crippen LogP contribution in [0.5, 0.6) is 5.75 Å². The molecule has 0 saturated carbocycles. The molecule has 0 unspecified atom stereocenters. The van der Waals surface area contributed by atoms with Crippen LogP contribution in [0.3, 0.4) is 0 Å². The van der Waals surface area contributed by atoms with Gasteiger partial charge >= 0.3 is 0 Å². The number of ether oxygens (including phenoxy) is 1. The van der Waals surface area contributed by atoms with Gasteiger partial charge in [0.25, 0.3) is 0 Å². The molecule has 0 spiro atoms. The van der Waals surface area contributed by atoms with Gasteiger partial charge in [0.1, 0.15) is 23.4 Å². The molecule has 61 heavy (non-hydrogen) atoms. The SMILES string of the molecule is COc1ccc2c(c1)C(c1ccc(Cl)cc1)=N[C@@H](CC(=O)NCCCCCCCCCCCCCCCNS(=O)(=O)c1cc(-c3c(C)noc3C)ccc1C)c1nnc(C)n1-2. The van der Waals surface area contributed by atoms with E-state index >= 15 is 0 Å². The zero-order chi connectivity index (χ0) is 43.4. The van der Waals surface area contributed by atoms with Gasteiger partial charge in [-0.3, -0.25) is 14.4 Å². The van der Waals surface area contributed by atoms with Gasteiger partial charge in [-0.15, -0.1) is 10.2 Å². The van der Waals surface area contributed by atoms with Gasteiger partial charge in [0.05, 0.1) is 35.5 Å². The average molecular weight is 871 g/mol. The Morgan fingerprint density at radius 3 is 2.03 bits per heavy atom. The molecular formula is C47H60ClN7O5S. The third-order valence-corrected chi connectivity index (χ3v) is 13.3. The van der Waals surface area contributed by atoms with E-state index in [1.807, 2.05) is 86.9 Å². The zero-order valence-electron chi connectivity index (χ0n) is 36.2. The van der Waals surface area contributed by atoms with Gasteiger partial charge in [-0.05, 0) is 88.1 Å². The smallest absolute Gasteiger partial charge is 0.240 e. The molecule has 326 valence electrons.